The molecule has 34 heavy (non-hydrogen) atoms. The molecule has 0 radical (unpaired) electrons. The number of nitrogens with one attached hydrogen (secondary N) is 3. The van der Waals surface area contributed by atoms with Gasteiger partial charge in [0.15, 0.2) is 5.82 Å². The van der Waals surface area contributed by atoms with Gasteiger partial charge in [0.1, 0.15) is 12.1 Å². The van der Waals surface area contributed by atoms with Crippen LogP contribution in [0.1, 0.15) is 44.0 Å². The average molecular weight is 463 g/mol. The highest BCUT2D eigenvalue weighted by molar-refractivity contribution is 5.74. The van der Waals surface area contributed by atoms with Gasteiger partial charge in [-0.1, -0.05) is 32.9 Å². The van der Waals surface area contributed by atoms with Gasteiger partial charge in [-0.3, -0.25) is 5.10 Å². The van der Waals surface area contributed by atoms with E-state index in [1.54, 1.807) is 0 Å². The van der Waals surface area contributed by atoms with Crippen LogP contribution in [0.25, 0.3) is 11.3 Å². The van der Waals surface area contributed by atoms with Gasteiger partial charge in [0.25, 0.3) is 0 Å². The molecule has 0 aliphatic carbocycles. The van der Waals surface area contributed by atoms with Crippen molar-refractivity contribution in [3.8, 4) is 11.3 Å². The third-order valence-electron chi connectivity index (χ3n) is 6.54. The van der Waals surface area contributed by atoms with Gasteiger partial charge < -0.3 is 21.3 Å². The molecule has 0 spiro atoms. The molecule has 5 N–H and O–H groups in total. The summed E-state index contributed by atoms with van der Waals surface area (Å²) >= 11 is 0. The Bertz CT molecular complexity index is 1150. The molecule has 0 bridgehead atoms. The molecule has 1 aliphatic rings. The van der Waals surface area contributed by atoms with E-state index in [0.29, 0.717) is 30.6 Å². The number of nitrogens with two attached hydrogens (primary N) is 1. The first-order valence-electron chi connectivity index (χ1n) is 11.7. The summed E-state index contributed by atoms with van der Waals surface area (Å²) in [6.07, 6.45) is 2.59. The third kappa shape index (κ3) is 5.53. The highest BCUT2D eigenvalue weighted by Gasteiger charge is 2.33. The second-order valence-corrected chi connectivity index (χ2v) is 9.99. The fraction of sp³-hybridized carbons (Fsp3) is 0.440. The van der Waals surface area contributed by atoms with Crippen LogP contribution >= 0.6 is 0 Å². The highest BCUT2D eigenvalue weighted by atomic mass is 16.2. The van der Waals surface area contributed by atoms with E-state index in [1.165, 1.54) is 6.33 Å². The molecule has 4 rings (SSSR count). The first kappa shape index (κ1) is 23.7. The summed E-state index contributed by atoms with van der Waals surface area (Å²) in [5.74, 6) is 1.84. The zero-order chi connectivity index (χ0) is 24.3. The SMILES string of the molecule is Cc1cc(-c2cc(Nc3cc(CN)[nH]n3)ncn2)ccc1CNC(=O)N1CCC(C(C)(C)C)C1. The minimum atomic E-state index is 0.0119. The van der Waals surface area contributed by atoms with Crippen molar-refractivity contribution in [2.24, 2.45) is 17.1 Å². The number of aromatic amines is 1. The second-order valence-electron chi connectivity index (χ2n) is 9.99. The van der Waals surface area contributed by atoms with Crippen molar-refractivity contribution in [1.82, 2.24) is 30.4 Å². The van der Waals surface area contributed by atoms with Crippen molar-refractivity contribution in [3.63, 3.8) is 0 Å². The van der Waals surface area contributed by atoms with Crippen LogP contribution in [-0.4, -0.2) is 44.2 Å². The maximum atomic E-state index is 12.7. The van der Waals surface area contributed by atoms with Crippen LogP contribution < -0.4 is 16.4 Å². The maximum absolute atomic E-state index is 12.7. The molecule has 1 fully saturated rings. The summed E-state index contributed by atoms with van der Waals surface area (Å²) in [6.45, 7) is 11.3. The second kappa shape index (κ2) is 9.80. The first-order valence-corrected chi connectivity index (χ1v) is 11.7. The number of anilines is 2. The zero-order valence-corrected chi connectivity index (χ0v) is 20.4. The molecule has 1 aromatic carbocycles. The van der Waals surface area contributed by atoms with Gasteiger partial charge in [0.05, 0.1) is 11.4 Å². The molecule has 1 unspecified atom stereocenters. The van der Waals surface area contributed by atoms with Crippen molar-refractivity contribution >= 4 is 17.7 Å². The number of urea groups is 1. The van der Waals surface area contributed by atoms with E-state index in [-0.39, 0.29) is 11.4 Å². The van der Waals surface area contributed by atoms with Crippen LogP contribution in [0.3, 0.4) is 0 Å². The smallest absolute Gasteiger partial charge is 0.317 e. The fourth-order valence-corrected chi connectivity index (χ4v) is 4.23. The fourth-order valence-electron chi connectivity index (χ4n) is 4.23. The summed E-state index contributed by atoms with van der Waals surface area (Å²) in [5, 5.41) is 13.3. The van der Waals surface area contributed by atoms with E-state index in [4.69, 9.17) is 5.73 Å². The van der Waals surface area contributed by atoms with Gasteiger partial charge >= 0.3 is 6.03 Å². The Morgan fingerprint density at radius 1 is 1.21 bits per heavy atom. The summed E-state index contributed by atoms with van der Waals surface area (Å²) in [7, 11) is 0. The van der Waals surface area contributed by atoms with Gasteiger partial charge in [0, 0.05) is 43.9 Å². The molecule has 180 valence electrons. The lowest BCUT2D eigenvalue weighted by molar-refractivity contribution is 0.196. The van der Waals surface area contributed by atoms with Gasteiger partial charge in [-0.05, 0) is 41.9 Å². The van der Waals surface area contributed by atoms with Gasteiger partial charge in [-0.25, -0.2) is 14.8 Å². The maximum Gasteiger partial charge on any atom is 0.317 e. The van der Waals surface area contributed by atoms with Crippen LogP contribution in [0.5, 0.6) is 0 Å². The number of aromatic nitrogens is 4. The first-order chi connectivity index (χ1) is 16.2. The number of carbonyl (C=O) groups excluding carboxylic acids is 1. The number of H-pyrrole nitrogens is 1. The Hall–Kier alpha value is -3.46. The number of hydrogen-bond donors (Lipinski definition) is 4. The van der Waals surface area contributed by atoms with Crippen LogP contribution in [0.15, 0.2) is 36.7 Å². The summed E-state index contributed by atoms with van der Waals surface area (Å²) < 4.78 is 0. The largest absolute Gasteiger partial charge is 0.334 e. The van der Waals surface area contributed by atoms with Crippen molar-refractivity contribution < 1.29 is 4.79 Å². The molecule has 3 aromatic rings. The minimum Gasteiger partial charge on any atom is -0.334 e. The summed E-state index contributed by atoms with van der Waals surface area (Å²) in [4.78, 5) is 23.3. The van der Waals surface area contributed by atoms with Crippen LogP contribution in [0.2, 0.25) is 0 Å². The lowest BCUT2D eigenvalue weighted by Gasteiger charge is -2.27. The predicted molar refractivity (Wildman–Crippen MR) is 133 cm³/mol. The van der Waals surface area contributed by atoms with Crippen molar-refractivity contribution in [2.75, 3.05) is 18.4 Å². The molecule has 9 nitrogen and oxygen atoms in total. The Balaban J connectivity index is 1.38. The highest BCUT2D eigenvalue weighted by Crippen LogP contribution is 2.33. The van der Waals surface area contributed by atoms with Crippen LogP contribution in [0, 0.1) is 18.3 Å². The number of carbonyl (C=O) groups is 1. The van der Waals surface area contributed by atoms with E-state index in [0.717, 1.165) is 47.6 Å². The Labute approximate surface area is 200 Å². The quantitative estimate of drug-likeness (QED) is 0.439. The number of rotatable bonds is 6. The number of benzene rings is 1. The van der Waals surface area contributed by atoms with Crippen LogP contribution in [0.4, 0.5) is 16.4 Å². The number of likely N-dealkylation sites (tertiary alicyclic amines) is 1. The van der Waals surface area contributed by atoms with Crippen molar-refractivity contribution in [1.29, 1.82) is 0 Å². The zero-order valence-electron chi connectivity index (χ0n) is 20.4. The predicted octanol–water partition coefficient (Wildman–Crippen LogP) is 3.96. The summed E-state index contributed by atoms with van der Waals surface area (Å²) in [5.41, 5.74) is 10.7. The molecule has 2 aromatic heterocycles. The topological polar surface area (TPSA) is 125 Å². The lowest BCUT2D eigenvalue weighted by Crippen LogP contribution is -2.39. The normalized spacial score (nSPS) is 16.0. The summed E-state index contributed by atoms with van der Waals surface area (Å²) in [6, 6.07) is 9.89. The number of amides is 2. The van der Waals surface area contributed by atoms with E-state index >= 15 is 0 Å². The Morgan fingerprint density at radius 3 is 2.71 bits per heavy atom. The molecular weight excluding hydrogens is 428 g/mol. The Morgan fingerprint density at radius 2 is 2.03 bits per heavy atom. The molecule has 2 amide bonds. The molecule has 1 aliphatic heterocycles. The molecule has 0 saturated carbocycles. The Kier molecular flexibility index (Phi) is 6.83. The monoisotopic (exact) mass is 462 g/mol. The van der Waals surface area contributed by atoms with E-state index in [1.807, 2.05) is 29.2 Å². The molecular formula is C25H34N8O. The van der Waals surface area contributed by atoms with E-state index in [2.05, 4.69) is 64.6 Å². The van der Waals surface area contributed by atoms with Crippen molar-refractivity contribution in [2.45, 2.75) is 47.2 Å². The minimum absolute atomic E-state index is 0.0119. The van der Waals surface area contributed by atoms with E-state index in [9.17, 15) is 4.79 Å². The standard InChI is InChI=1S/C25H34N8O/c1-16-9-17(21-11-22(29-15-28-21)30-23-10-20(12-26)31-32-23)5-6-18(16)13-27-24(34)33-8-7-19(14-33)25(2,3)4/h5-6,9-11,15,19H,7-8,12-14,26H2,1-4H3,(H,27,34)(H2,28,29,30,31,32). The van der Waals surface area contributed by atoms with Crippen LogP contribution in [-0.2, 0) is 13.1 Å². The van der Waals surface area contributed by atoms with Gasteiger partial charge in [0.2, 0.25) is 0 Å². The molecule has 3 heterocycles. The van der Waals surface area contributed by atoms with E-state index < -0.39 is 0 Å². The number of aryl methyl sites for hydroxylation is 1. The van der Waals surface area contributed by atoms with Gasteiger partial charge in [-0.15, -0.1) is 0 Å². The van der Waals surface area contributed by atoms with Crippen molar-refractivity contribution in [3.05, 3.63) is 53.5 Å². The molecule has 9 heteroatoms. The van der Waals surface area contributed by atoms with Gasteiger partial charge in [-0.2, -0.15) is 5.10 Å². The molecule has 1 saturated heterocycles. The average Bonchev–Trinajstić information content (AvgIpc) is 3.48. The number of hydrogen-bond acceptors (Lipinski definition) is 6. The lowest BCUT2D eigenvalue weighted by atomic mass is 9.80. The molecule has 1 atom stereocenters. The third-order valence-corrected chi connectivity index (χ3v) is 6.54. The number of nitrogens with zero attached hydrogens (tertiary/aromatic N) is 4.